The Hall–Kier alpha value is -5.66. The lowest BCUT2D eigenvalue weighted by Gasteiger charge is -2.36. The molecule has 326 valence electrons. The summed E-state index contributed by atoms with van der Waals surface area (Å²) < 4.78 is 102. The van der Waals surface area contributed by atoms with E-state index in [-0.39, 0.29) is 29.5 Å². The van der Waals surface area contributed by atoms with Crippen molar-refractivity contribution in [1.82, 2.24) is 20.0 Å². The number of alkyl halides is 3. The number of pyridine rings is 1. The number of benzene rings is 4. The van der Waals surface area contributed by atoms with E-state index >= 15 is 0 Å². The molecule has 0 spiro atoms. The number of nitrogens with one attached hydrogen (secondary N) is 4. The standard InChI is InChI=1S/C43H42ClF3N6O7S2/c1-48-18-4-19-49-37-14-12-33(25-39(37)61(56,57)43(45,46)47)62(58,59)52-42(55)36-13-11-31(24-38(36)60-32-23-29-15-20-50-41(29)51-26-32)53-21-16-28(17-22-53)40(54)35-6-3-2-5-34(35)27-7-9-30(44)10-8-27/h2-3,5-15,20,23-26,28,40,48-49,54H,4,16-19,21-22H2,1H3,(H,50,51)(H,52,55). The van der Waals surface area contributed by atoms with Gasteiger partial charge in [-0.15, -0.1) is 0 Å². The van der Waals surface area contributed by atoms with Gasteiger partial charge in [-0.1, -0.05) is 48.0 Å². The average molecular weight is 911 g/mol. The summed E-state index contributed by atoms with van der Waals surface area (Å²) >= 11 is 6.12. The van der Waals surface area contributed by atoms with E-state index in [0.29, 0.717) is 66.7 Å². The number of carbonyl (C=O) groups is 1. The number of sulfone groups is 1. The van der Waals surface area contributed by atoms with Gasteiger partial charge in [-0.25, -0.2) is 26.5 Å². The highest BCUT2D eigenvalue weighted by Gasteiger charge is 2.48. The molecule has 1 aliphatic rings. The molecule has 7 rings (SSSR count). The highest BCUT2D eigenvalue weighted by molar-refractivity contribution is 7.92. The van der Waals surface area contributed by atoms with Gasteiger partial charge in [0.25, 0.3) is 25.8 Å². The summed E-state index contributed by atoms with van der Waals surface area (Å²) in [7, 11) is -9.32. The van der Waals surface area contributed by atoms with Crippen LogP contribution in [0.2, 0.25) is 5.02 Å². The second-order valence-electron chi connectivity index (χ2n) is 14.7. The number of amides is 1. The van der Waals surface area contributed by atoms with Crippen molar-refractivity contribution >= 4 is 59.8 Å². The lowest BCUT2D eigenvalue weighted by atomic mass is 9.84. The maximum atomic E-state index is 13.9. The average Bonchev–Trinajstić information content (AvgIpc) is 3.73. The van der Waals surface area contributed by atoms with E-state index in [1.165, 1.54) is 12.3 Å². The van der Waals surface area contributed by atoms with E-state index < -0.39 is 52.9 Å². The molecule has 3 heterocycles. The predicted octanol–water partition coefficient (Wildman–Crippen LogP) is 8.06. The molecule has 13 nitrogen and oxygen atoms in total. The Labute approximate surface area is 361 Å². The Bertz CT molecular complexity index is 2800. The van der Waals surface area contributed by atoms with Crippen LogP contribution in [0.3, 0.4) is 0 Å². The van der Waals surface area contributed by atoms with Crippen molar-refractivity contribution in [1.29, 1.82) is 0 Å². The van der Waals surface area contributed by atoms with Gasteiger partial charge in [0.05, 0.1) is 28.4 Å². The maximum Gasteiger partial charge on any atom is 0.501 e. The number of H-pyrrole nitrogens is 1. The Balaban J connectivity index is 1.14. The minimum Gasteiger partial charge on any atom is -0.455 e. The van der Waals surface area contributed by atoms with Gasteiger partial charge in [0.1, 0.15) is 22.0 Å². The number of halogens is 4. The largest absolute Gasteiger partial charge is 0.501 e. The zero-order valence-corrected chi connectivity index (χ0v) is 35.5. The van der Waals surface area contributed by atoms with Crippen LogP contribution in [0.15, 0.2) is 119 Å². The maximum absolute atomic E-state index is 13.9. The van der Waals surface area contributed by atoms with Crippen LogP contribution in [0.5, 0.6) is 11.5 Å². The number of hydrogen-bond acceptors (Lipinski definition) is 11. The normalized spacial score (nSPS) is 14.5. The van der Waals surface area contributed by atoms with E-state index in [1.807, 2.05) is 46.0 Å². The molecule has 1 aliphatic heterocycles. The molecule has 19 heteroatoms. The van der Waals surface area contributed by atoms with Crippen molar-refractivity contribution in [2.75, 3.05) is 43.4 Å². The van der Waals surface area contributed by atoms with E-state index in [1.54, 1.807) is 49.6 Å². The van der Waals surface area contributed by atoms with Crippen LogP contribution >= 0.6 is 11.6 Å². The highest BCUT2D eigenvalue weighted by atomic mass is 35.5. The molecule has 62 heavy (non-hydrogen) atoms. The summed E-state index contributed by atoms with van der Waals surface area (Å²) in [6.07, 6.45) is 3.97. The van der Waals surface area contributed by atoms with Crippen molar-refractivity contribution in [2.24, 2.45) is 5.92 Å². The molecule has 2 aromatic heterocycles. The quantitative estimate of drug-likeness (QED) is 0.0629. The van der Waals surface area contributed by atoms with Gasteiger partial charge in [-0.05, 0) is 110 Å². The van der Waals surface area contributed by atoms with Crippen LogP contribution in [0.4, 0.5) is 24.5 Å². The molecule has 0 aliphatic carbocycles. The van der Waals surface area contributed by atoms with Gasteiger partial charge < -0.3 is 30.4 Å². The number of aromatic amines is 1. The fourth-order valence-corrected chi connectivity index (χ4v) is 9.50. The number of hydrogen-bond donors (Lipinski definition) is 5. The van der Waals surface area contributed by atoms with Crippen LogP contribution in [0.25, 0.3) is 22.2 Å². The number of ether oxygens (including phenoxy) is 1. The molecule has 5 N–H and O–H groups in total. The minimum atomic E-state index is -6.03. The summed E-state index contributed by atoms with van der Waals surface area (Å²) in [5.41, 5.74) is -2.62. The molecule has 1 unspecified atom stereocenters. The number of aromatic nitrogens is 2. The third kappa shape index (κ3) is 9.69. The number of sulfonamides is 1. The monoisotopic (exact) mass is 910 g/mol. The summed E-state index contributed by atoms with van der Waals surface area (Å²) in [5.74, 6) is -1.13. The molecule has 1 amide bonds. The Kier molecular flexibility index (Phi) is 13.1. The van der Waals surface area contributed by atoms with Crippen LogP contribution in [-0.2, 0) is 19.9 Å². The van der Waals surface area contributed by atoms with Crippen molar-refractivity contribution in [3.05, 3.63) is 126 Å². The van der Waals surface area contributed by atoms with Crippen molar-refractivity contribution in [3.8, 4) is 22.6 Å². The van der Waals surface area contributed by atoms with Crippen molar-refractivity contribution in [3.63, 3.8) is 0 Å². The molecule has 0 radical (unpaired) electrons. The lowest BCUT2D eigenvalue weighted by molar-refractivity contribution is -0.0435. The number of aliphatic hydroxyl groups is 1. The zero-order chi connectivity index (χ0) is 44.2. The summed E-state index contributed by atoms with van der Waals surface area (Å²) in [4.78, 5) is 21.0. The molecule has 1 saturated heterocycles. The van der Waals surface area contributed by atoms with Gasteiger partial charge >= 0.3 is 5.51 Å². The molecule has 6 aromatic rings. The Morgan fingerprint density at radius 1 is 0.968 bits per heavy atom. The topological polar surface area (TPSA) is 183 Å². The zero-order valence-electron chi connectivity index (χ0n) is 33.1. The van der Waals surface area contributed by atoms with Gasteiger partial charge in [0.2, 0.25) is 0 Å². The molecule has 0 bridgehead atoms. The van der Waals surface area contributed by atoms with Gasteiger partial charge in [0.15, 0.2) is 0 Å². The second-order valence-corrected chi connectivity index (χ2v) is 18.7. The Morgan fingerprint density at radius 2 is 1.71 bits per heavy atom. The van der Waals surface area contributed by atoms with Crippen LogP contribution in [-0.4, -0.2) is 76.6 Å². The Morgan fingerprint density at radius 3 is 2.44 bits per heavy atom. The van der Waals surface area contributed by atoms with Crippen LogP contribution in [0.1, 0.15) is 41.3 Å². The van der Waals surface area contributed by atoms with E-state index in [9.17, 15) is 39.9 Å². The first-order valence-corrected chi connectivity index (χ1v) is 22.8. The fraction of sp³-hybridized carbons (Fsp3) is 0.256. The number of anilines is 2. The number of nitrogens with zero attached hydrogens (tertiary/aromatic N) is 2. The molecular formula is C43H42ClF3N6O7S2. The first-order chi connectivity index (χ1) is 29.6. The minimum absolute atomic E-state index is 0.0626. The van der Waals surface area contributed by atoms with E-state index in [4.69, 9.17) is 16.3 Å². The molecule has 1 atom stereocenters. The first kappa shape index (κ1) is 44.4. The number of piperidine rings is 1. The number of aliphatic hydroxyl groups excluding tert-OH is 1. The first-order valence-electron chi connectivity index (χ1n) is 19.5. The molecular weight excluding hydrogens is 869 g/mol. The number of rotatable bonds is 15. The van der Waals surface area contributed by atoms with Crippen LogP contribution in [0, 0.1) is 5.92 Å². The third-order valence-electron chi connectivity index (χ3n) is 10.6. The highest BCUT2D eigenvalue weighted by Crippen LogP contribution is 2.40. The molecule has 4 aromatic carbocycles. The summed E-state index contributed by atoms with van der Waals surface area (Å²) in [6, 6.07) is 25.2. The van der Waals surface area contributed by atoms with Crippen molar-refractivity contribution < 1.29 is 44.6 Å². The van der Waals surface area contributed by atoms with Gasteiger partial charge in [-0.3, -0.25) is 4.79 Å². The third-order valence-corrected chi connectivity index (χ3v) is 13.7. The lowest BCUT2D eigenvalue weighted by Crippen LogP contribution is -2.36. The van der Waals surface area contributed by atoms with Gasteiger partial charge in [-0.2, -0.15) is 13.2 Å². The van der Waals surface area contributed by atoms with E-state index in [0.717, 1.165) is 28.8 Å². The number of carbonyl (C=O) groups excluding carboxylic acids is 1. The SMILES string of the molecule is CNCCCNc1ccc(S(=O)(=O)NC(=O)c2ccc(N3CCC(C(O)c4ccccc4-c4ccc(Cl)cc4)CC3)cc2Oc2cnc3[nH]ccc3c2)cc1S(=O)(=O)C(F)(F)F. The molecule has 0 saturated carbocycles. The number of fused-ring (bicyclic) bond motifs is 1. The van der Waals surface area contributed by atoms with Crippen LogP contribution < -0.4 is 25.0 Å². The van der Waals surface area contributed by atoms with Gasteiger partial charge in [0, 0.05) is 48.0 Å². The van der Waals surface area contributed by atoms with Crippen molar-refractivity contribution in [2.45, 2.75) is 40.7 Å². The smallest absolute Gasteiger partial charge is 0.455 e. The molecule has 1 fully saturated rings. The van der Waals surface area contributed by atoms with E-state index in [2.05, 4.69) is 20.6 Å². The predicted molar refractivity (Wildman–Crippen MR) is 231 cm³/mol. The second kappa shape index (κ2) is 18.4. The summed E-state index contributed by atoms with van der Waals surface area (Å²) in [6.45, 7) is 1.59. The fourth-order valence-electron chi connectivity index (χ4n) is 7.34. The summed E-state index contributed by atoms with van der Waals surface area (Å²) in [5, 5.41) is 18.4.